The molecule has 0 radical (unpaired) electrons. The number of amides is 1. The number of carbonyl (C=O) groups is 1. The third kappa shape index (κ3) is 2.86. The molecule has 2 aromatic heterocycles. The van der Waals surface area contributed by atoms with E-state index in [0.29, 0.717) is 11.5 Å². The molecule has 0 unspecified atom stereocenters. The lowest BCUT2D eigenvalue weighted by Crippen LogP contribution is -2.28. The number of oxazole rings is 1. The summed E-state index contributed by atoms with van der Waals surface area (Å²) < 4.78 is 13.0. The highest BCUT2D eigenvalue weighted by atomic mass is 16.5. The van der Waals surface area contributed by atoms with Crippen LogP contribution in [0.25, 0.3) is 5.84 Å². The molecule has 7 heteroatoms. The molecule has 0 saturated carbocycles. The molecule has 1 fully saturated rings. The Hall–Kier alpha value is -2.83. The van der Waals surface area contributed by atoms with Crippen LogP contribution >= 0.6 is 0 Å². The van der Waals surface area contributed by atoms with Crippen molar-refractivity contribution in [1.29, 1.82) is 0 Å². The van der Waals surface area contributed by atoms with Crippen molar-refractivity contribution in [3.8, 4) is 11.8 Å². The summed E-state index contributed by atoms with van der Waals surface area (Å²) in [4.78, 5) is 18.8. The molecule has 1 saturated heterocycles. The van der Waals surface area contributed by atoms with Gasteiger partial charge in [0.25, 0.3) is 5.91 Å². The molecule has 0 atom stereocenters. The number of para-hydroxylation sites is 1. The predicted molar refractivity (Wildman–Crippen MR) is 91.0 cm³/mol. The van der Waals surface area contributed by atoms with Crippen LogP contribution in [-0.2, 0) is 0 Å². The summed E-state index contributed by atoms with van der Waals surface area (Å²) in [6.45, 7) is 5.55. The van der Waals surface area contributed by atoms with Gasteiger partial charge in [-0.15, -0.1) is 10.1 Å². The van der Waals surface area contributed by atoms with Gasteiger partial charge in [0.05, 0.1) is 5.69 Å². The second kappa shape index (κ2) is 6.23. The molecule has 0 bridgehead atoms. The highest BCUT2D eigenvalue weighted by molar-refractivity contribution is 5.93. The Morgan fingerprint density at radius 2 is 1.92 bits per heavy atom. The number of fused-ring (bicyclic) bond motifs is 1. The molecule has 1 amide bonds. The summed E-state index contributed by atoms with van der Waals surface area (Å²) in [6.07, 6.45) is 2.07. The van der Waals surface area contributed by atoms with Gasteiger partial charge in [-0.2, -0.15) is 4.52 Å². The van der Waals surface area contributed by atoms with E-state index in [1.165, 1.54) is 0 Å². The van der Waals surface area contributed by atoms with E-state index in [1.54, 1.807) is 4.52 Å². The largest absolute Gasteiger partial charge is 0.423 e. The lowest BCUT2D eigenvalue weighted by Gasteiger charge is -2.14. The SMILES string of the molecule is CC(C)c1c(C(=O)N2CCCC2)oc2nc(Oc3ccccc3)nn12. The van der Waals surface area contributed by atoms with Crippen LogP contribution in [0.1, 0.15) is 48.9 Å². The van der Waals surface area contributed by atoms with Gasteiger partial charge in [-0.05, 0) is 30.9 Å². The lowest BCUT2D eigenvalue weighted by atomic mass is 10.1. The number of benzene rings is 1. The molecule has 4 rings (SSSR count). The van der Waals surface area contributed by atoms with Gasteiger partial charge in [-0.3, -0.25) is 4.79 Å². The van der Waals surface area contributed by atoms with Crippen LogP contribution in [0.3, 0.4) is 0 Å². The molecule has 3 heterocycles. The summed E-state index contributed by atoms with van der Waals surface area (Å²) in [6, 6.07) is 9.52. The summed E-state index contributed by atoms with van der Waals surface area (Å²) in [7, 11) is 0. The topological polar surface area (TPSA) is 72.9 Å². The number of ether oxygens (including phenoxy) is 1. The third-order valence-corrected chi connectivity index (χ3v) is 4.30. The van der Waals surface area contributed by atoms with Gasteiger partial charge >= 0.3 is 11.9 Å². The summed E-state index contributed by atoms with van der Waals surface area (Å²) in [5.74, 6) is 1.23. The van der Waals surface area contributed by atoms with Crippen LogP contribution in [-0.4, -0.2) is 38.5 Å². The van der Waals surface area contributed by atoms with Crippen LogP contribution in [0.15, 0.2) is 34.7 Å². The smallest absolute Gasteiger partial charge is 0.344 e. The number of likely N-dealkylation sites (tertiary alicyclic amines) is 1. The normalized spacial score (nSPS) is 14.6. The highest BCUT2D eigenvalue weighted by Crippen LogP contribution is 2.28. The molecule has 3 aromatic rings. The maximum absolute atomic E-state index is 12.7. The van der Waals surface area contributed by atoms with Crippen LogP contribution in [0, 0.1) is 0 Å². The molecule has 1 aliphatic rings. The van der Waals surface area contributed by atoms with Crippen molar-refractivity contribution >= 4 is 11.8 Å². The molecule has 7 nitrogen and oxygen atoms in total. The van der Waals surface area contributed by atoms with E-state index in [2.05, 4.69) is 10.1 Å². The number of nitrogens with zero attached hydrogens (tertiary/aromatic N) is 4. The second-order valence-electron chi connectivity index (χ2n) is 6.47. The van der Waals surface area contributed by atoms with Crippen LogP contribution < -0.4 is 4.74 Å². The van der Waals surface area contributed by atoms with Crippen LogP contribution in [0.5, 0.6) is 11.8 Å². The molecular formula is C18H20N4O3. The molecule has 0 spiro atoms. The second-order valence-corrected chi connectivity index (χ2v) is 6.47. The average molecular weight is 340 g/mol. The number of hydrogen-bond donors (Lipinski definition) is 0. The molecule has 25 heavy (non-hydrogen) atoms. The Labute approximate surface area is 145 Å². The van der Waals surface area contributed by atoms with E-state index in [1.807, 2.05) is 49.1 Å². The van der Waals surface area contributed by atoms with E-state index >= 15 is 0 Å². The minimum absolute atomic E-state index is 0.0640. The standard InChI is InChI=1S/C18H20N4O3/c1-12(2)14-15(16(23)21-10-6-7-11-21)25-18-19-17(20-22(14)18)24-13-8-4-3-5-9-13/h3-5,8-9,12H,6-7,10-11H2,1-2H3. The predicted octanol–water partition coefficient (Wildman–Crippen LogP) is 3.47. The van der Waals surface area contributed by atoms with Crippen molar-refractivity contribution in [2.45, 2.75) is 32.6 Å². The Kier molecular flexibility index (Phi) is 3.91. The molecule has 1 aliphatic heterocycles. The number of hydrogen-bond acceptors (Lipinski definition) is 5. The summed E-state index contributed by atoms with van der Waals surface area (Å²) in [5, 5.41) is 4.38. The fourth-order valence-electron chi connectivity index (χ4n) is 3.10. The Morgan fingerprint density at radius 1 is 1.20 bits per heavy atom. The van der Waals surface area contributed by atoms with E-state index in [4.69, 9.17) is 9.15 Å². The molecular weight excluding hydrogens is 320 g/mol. The lowest BCUT2D eigenvalue weighted by molar-refractivity contribution is 0.0761. The summed E-state index contributed by atoms with van der Waals surface area (Å²) in [5.41, 5.74) is 0.724. The first-order valence-corrected chi connectivity index (χ1v) is 8.55. The van der Waals surface area contributed by atoms with Gasteiger partial charge in [0.15, 0.2) is 0 Å². The Balaban J connectivity index is 1.70. The van der Waals surface area contributed by atoms with Crippen molar-refractivity contribution in [2.24, 2.45) is 0 Å². The maximum atomic E-state index is 12.7. The molecule has 0 aliphatic carbocycles. The van der Waals surface area contributed by atoms with Gasteiger partial charge in [-0.1, -0.05) is 32.0 Å². The Morgan fingerprint density at radius 3 is 2.60 bits per heavy atom. The molecule has 0 N–H and O–H groups in total. The number of carbonyl (C=O) groups excluding carboxylic acids is 1. The van der Waals surface area contributed by atoms with Gasteiger partial charge in [-0.25, -0.2) is 0 Å². The summed E-state index contributed by atoms with van der Waals surface area (Å²) >= 11 is 0. The molecule has 1 aromatic carbocycles. The van der Waals surface area contributed by atoms with E-state index < -0.39 is 0 Å². The van der Waals surface area contributed by atoms with Gasteiger partial charge in [0.1, 0.15) is 5.75 Å². The fourth-order valence-corrected chi connectivity index (χ4v) is 3.10. The van der Waals surface area contributed by atoms with Gasteiger partial charge in [0, 0.05) is 13.1 Å². The molecule has 130 valence electrons. The van der Waals surface area contributed by atoms with Crippen molar-refractivity contribution < 1.29 is 13.9 Å². The zero-order chi connectivity index (χ0) is 17.4. The zero-order valence-corrected chi connectivity index (χ0v) is 14.3. The third-order valence-electron chi connectivity index (χ3n) is 4.30. The van der Waals surface area contributed by atoms with Gasteiger partial charge < -0.3 is 14.1 Å². The maximum Gasteiger partial charge on any atom is 0.344 e. The quantitative estimate of drug-likeness (QED) is 0.727. The monoisotopic (exact) mass is 340 g/mol. The first kappa shape index (κ1) is 15.7. The van der Waals surface area contributed by atoms with Crippen LogP contribution in [0.2, 0.25) is 0 Å². The fraction of sp³-hybridized carbons (Fsp3) is 0.389. The average Bonchev–Trinajstić information content (AvgIpc) is 3.30. The van der Waals surface area contributed by atoms with Gasteiger partial charge in [0.2, 0.25) is 5.76 Å². The van der Waals surface area contributed by atoms with E-state index in [0.717, 1.165) is 31.6 Å². The van der Waals surface area contributed by atoms with Crippen molar-refractivity contribution in [2.75, 3.05) is 13.1 Å². The number of rotatable bonds is 4. The van der Waals surface area contributed by atoms with E-state index in [9.17, 15) is 4.79 Å². The van der Waals surface area contributed by atoms with Crippen molar-refractivity contribution in [3.63, 3.8) is 0 Å². The van der Waals surface area contributed by atoms with Crippen molar-refractivity contribution in [1.82, 2.24) is 19.5 Å². The first-order chi connectivity index (χ1) is 12.1. The first-order valence-electron chi connectivity index (χ1n) is 8.55. The highest BCUT2D eigenvalue weighted by Gasteiger charge is 2.30. The number of aromatic nitrogens is 3. The minimum Gasteiger partial charge on any atom is -0.423 e. The van der Waals surface area contributed by atoms with Crippen molar-refractivity contribution in [3.05, 3.63) is 41.8 Å². The zero-order valence-electron chi connectivity index (χ0n) is 14.3. The Bertz CT molecular complexity index is 892. The van der Waals surface area contributed by atoms with Crippen LogP contribution in [0.4, 0.5) is 0 Å². The minimum atomic E-state index is -0.0842. The van der Waals surface area contributed by atoms with E-state index in [-0.39, 0.29) is 23.7 Å².